The molecule has 2 unspecified atom stereocenters. The molecule has 0 fully saturated rings. The summed E-state index contributed by atoms with van der Waals surface area (Å²) in [7, 11) is 2.06. The van der Waals surface area contributed by atoms with E-state index < -0.39 is 0 Å². The Hall–Kier alpha value is -2.26. The van der Waals surface area contributed by atoms with Gasteiger partial charge in [0.15, 0.2) is 0 Å². The molecule has 0 N–H and O–H groups in total. The average Bonchev–Trinajstić information content (AvgIpc) is 2.92. The van der Waals surface area contributed by atoms with Gasteiger partial charge in [-0.1, -0.05) is 121 Å². The predicted molar refractivity (Wildman–Crippen MR) is 155 cm³/mol. The smallest absolute Gasteiger partial charge is 0.0126 e. The highest BCUT2D eigenvalue weighted by molar-refractivity contribution is 7.38. The number of hydrogen-bond acceptors (Lipinski definition) is 0. The molecule has 2 heteroatoms. The van der Waals surface area contributed by atoms with Crippen LogP contribution in [0.3, 0.4) is 0 Å². The van der Waals surface area contributed by atoms with Crippen LogP contribution in [0.1, 0.15) is 46.9 Å². The van der Waals surface area contributed by atoms with Crippen LogP contribution in [0, 0.1) is 0 Å². The summed E-state index contributed by atoms with van der Waals surface area (Å²) >= 11 is 0. The van der Waals surface area contributed by atoms with Crippen molar-refractivity contribution in [2.75, 3.05) is 24.6 Å². The molecule has 0 spiro atoms. The summed E-state index contributed by atoms with van der Waals surface area (Å²) in [6, 6.07) is 44.2. The van der Waals surface area contributed by atoms with Crippen LogP contribution in [0.4, 0.5) is 0 Å². The van der Waals surface area contributed by atoms with E-state index in [-0.39, 0.29) is 0 Å². The third-order valence-corrected chi connectivity index (χ3v) is 9.27. The molecule has 4 aromatic carbocycles. The molecular formula is C32H36P2. The first-order valence-electron chi connectivity index (χ1n) is 12.5. The van der Waals surface area contributed by atoms with Crippen molar-refractivity contribution in [3.63, 3.8) is 0 Å². The summed E-state index contributed by atoms with van der Waals surface area (Å²) in [4.78, 5) is 0. The molecule has 0 heterocycles. The minimum absolute atomic E-state index is 0.528. The standard InChI is InChI=1S/C32H36P2/c1-5-15-27(16-6-1)31(28-17-7-2-8-18-28)25-33-23-13-14-24-34-26-32(29-19-9-3-10-20-29)30-21-11-4-12-22-30/h1-12,15-22,31-34H,13-14,23-26H2. The van der Waals surface area contributed by atoms with Gasteiger partial charge in [0.05, 0.1) is 0 Å². The highest BCUT2D eigenvalue weighted by Gasteiger charge is 2.14. The first-order valence-corrected chi connectivity index (χ1v) is 15.4. The van der Waals surface area contributed by atoms with Gasteiger partial charge in [0, 0.05) is 11.8 Å². The third-order valence-electron chi connectivity index (χ3n) is 6.46. The molecule has 0 saturated carbocycles. The molecular weight excluding hydrogens is 446 g/mol. The van der Waals surface area contributed by atoms with Crippen molar-refractivity contribution in [3.8, 4) is 0 Å². The van der Waals surface area contributed by atoms with Gasteiger partial charge in [0.1, 0.15) is 0 Å². The van der Waals surface area contributed by atoms with Crippen LogP contribution in [0.15, 0.2) is 121 Å². The molecule has 4 aromatic rings. The predicted octanol–water partition coefficient (Wildman–Crippen LogP) is 8.79. The van der Waals surface area contributed by atoms with E-state index in [9.17, 15) is 0 Å². The zero-order chi connectivity index (χ0) is 23.3. The zero-order valence-electron chi connectivity index (χ0n) is 19.9. The first-order chi connectivity index (χ1) is 16.9. The second-order valence-electron chi connectivity index (χ2n) is 8.86. The van der Waals surface area contributed by atoms with Gasteiger partial charge in [-0.15, -0.1) is 17.2 Å². The van der Waals surface area contributed by atoms with Gasteiger partial charge in [0.25, 0.3) is 0 Å². The lowest BCUT2D eigenvalue weighted by atomic mass is 9.93. The van der Waals surface area contributed by atoms with Crippen LogP contribution in [-0.4, -0.2) is 24.6 Å². The normalized spacial score (nSPS) is 11.9. The van der Waals surface area contributed by atoms with Crippen LogP contribution in [0.5, 0.6) is 0 Å². The molecule has 0 saturated heterocycles. The molecule has 0 aliphatic carbocycles. The second-order valence-corrected chi connectivity index (χ2v) is 11.7. The van der Waals surface area contributed by atoms with Gasteiger partial charge in [-0.2, -0.15) is 0 Å². The van der Waals surface area contributed by atoms with Crippen molar-refractivity contribution in [1.29, 1.82) is 0 Å². The van der Waals surface area contributed by atoms with E-state index in [0.29, 0.717) is 11.8 Å². The average molecular weight is 483 g/mol. The van der Waals surface area contributed by atoms with Crippen molar-refractivity contribution in [1.82, 2.24) is 0 Å². The number of hydrogen-bond donors (Lipinski definition) is 0. The third kappa shape index (κ3) is 7.63. The monoisotopic (exact) mass is 482 g/mol. The molecule has 0 aliphatic heterocycles. The van der Waals surface area contributed by atoms with Crippen LogP contribution in [-0.2, 0) is 0 Å². The van der Waals surface area contributed by atoms with Crippen molar-refractivity contribution in [2.24, 2.45) is 0 Å². The van der Waals surface area contributed by atoms with Crippen LogP contribution in [0.25, 0.3) is 0 Å². The minimum Gasteiger partial charge on any atom is -0.121 e. The lowest BCUT2D eigenvalue weighted by Crippen LogP contribution is -2.04. The van der Waals surface area contributed by atoms with Gasteiger partial charge in [-0.05, 0) is 59.7 Å². The Bertz CT molecular complexity index is 881. The molecule has 0 bridgehead atoms. The maximum Gasteiger partial charge on any atom is 0.0126 e. The van der Waals surface area contributed by atoms with Crippen LogP contribution in [0.2, 0.25) is 0 Å². The second kappa shape index (κ2) is 14.2. The topological polar surface area (TPSA) is 0 Å². The largest absolute Gasteiger partial charge is 0.121 e. The Kier molecular flexibility index (Phi) is 10.4. The summed E-state index contributed by atoms with van der Waals surface area (Å²) in [6.45, 7) is 0. The Morgan fingerprint density at radius 2 is 0.647 bits per heavy atom. The molecule has 34 heavy (non-hydrogen) atoms. The SMILES string of the molecule is c1ccc(C(CPCCCCPCC(c2ccccc2)c2ccccc2)c2ccccc2)cc1. The zero-order valence-corrected chi connectivity index (χ0v) is 21.9. The molecule has 4 rings (SSSR count). The van der Waals surface area contributed by atoms with E-state index in [1.807, 2.05) is 0 Å². The first kappa shape index (κ1) is 24.9. The Morgan fingerprint density at radius 1 is 0.382 bits per heavy atom. The molecule has 0 amide bonds. The van der Waals surface area contributed by atoms with Crippen molar-refractivity contribution in [3.05, 3.63) is 144 Å². The van der Waals surface area contributed by atoms with Crippen molar-refractivity contribution < 1.29 is 0 Å². The van der Waals surface area contributed by atoms with Gasteiger partial charge >= 0.3 is 0 Å². The molecule has 2 atom stereocenters. The van der Waals surface area contributed by atoms with Gasteiger partial charge in [-0.3, -0.25) is 0 Å². The molecule has 174 valence electrons. The molecule has 0 aliphatic rings. The Morgan fingerprint density at radius 3 is 0.912 bits per heavy atom. The van der Waals surface area contributed by atoms with E-state index in [1.54, 1.807) is 0 Å². The van der Waals surface area contributed by atoms with E-state index >= 15 is 0 Å². The summed E-state index contributed by atoms with van der Waals surface area (Å²) in [5.74, 6) is 1.06. The van der Waals surface area contributed by atoms with Gasteiger partial charge < -0.3 is 0 Å². The van der Waals surface area contributed by atoms with Crippen molar-refractivity contribution in [2.45, 2.75) is 24.7 Å². The van der Waals surface area contributed by atoms with Gasteiger partial charge in [-0.25, -0.2) is 0 Å². The fourth-order valence-electron chi connectivity index (χ4n) is 4.59. The summed E-state index contributed by atoms with van der Waals surface area (Å²) in [5.41, 5.74) is 5.82. The van der Waals surface area contributed by atoms with Crippen LogP contribution >= 0.6 is 17.2 Å². The van der Waals surface area contributed by atoms with E-state index in [1.165, 1.54) is 59.7 Å². The molecule has 0 nitrogen and oxygen atoms in total. The summed E-state index contributed by atoms with van der Waals surface area (Å²) in [6.07, 6.45) is 7.98. The van der Waals surface area contributed by atoms with E-state index in [4.69, 9.17) is 0 Å². The highest BCUT2D eigenvalue weighted by Crippen LogP contribution is 2.33. The molecule has 0 aromatic heterocycles. The number of unbranched alkanes of at least 4 members (excludes halogenated alkanes) is 1. The quantitative estimate of drug-likeness (QED) is 0.132. The van der Waals surface area contributed by atoms with Crippen LogP contribution < -0.4 is 0 Å². The fraction of sp³-hybridized carbons (Fsp3) is 0.250. The lowest BCUT2D eigenvalue weighted by molar-refractivity contribution is 0.882. The summed E-state index contributed by atoms with van der Waals surface area (Å²) in [5, 5.41) is 0. The van der Waals surface area contributed by atoms with E-state index in [0.717, 1.165) is 17.2 Å². The number of rotatable bonds is 13. The summed E-state index contributed by atoms with van der Waals surface area (Å²) < 4.78 is 0. The van der Waals surface area contributed by atoms with Crippen molar-refractivity contribution >= 4 is 17.2 Å². The lowest BCUT2D eigenvalue weighted by Gasteiger charge is -2.19. The molecule has 0 radical (unpaired) electrons. The highest BCUT2D eigenvalue weighted by atomic mass is 31.1. The maximum absolute atomic E-state index is 2.29. The Labute approximate surface area is 209 Å². The number of benzene rings is 4. The van der Waals surface area contributed by atoms with E-state index in [2.05, 4.69) is 121 Å². The maximum atomic E-state index is 2.29. The fourth-order valence-corrected chi connectivity index (χ4v) is 7.52. The van der Waals surface area contributed by atoms with Gasteiger partial charge in [0.2, 0.25) is 0 Å². The minimum atomic E-state index is 0.528. The Balaban J connectivity index is 1.21.